The van der Waals surface area contributed by atoms with Crippen LogP contribution < -0.4 is 14.8 Å². The van der Waals surface area contributed by atoms with Crippen molar-refractivity contribution in [2.45, 2.75) is 51.5 Å². The minimum Gasteiger partial charge on any atom is -0.494 e. The number of carbonyl (C=O) groups excluding carboxylic acids is 1. The third-order valence-electron chi connectivity index (χ3n) is 6.66. The number of amides is 1. The van der Waals surface area contributed by atoms with E-state index in [1.54, 1.807) is 12.1 Å². The molecule has 0 atom stereocenters. The molecule has 0 radical (unpaired) electrons. The lowest BCUT2D eigenvalue weighted by atomic mass is 9.95. The van der Waals surface area contributed by atoms with E-state index in [0.29, 0.717) is 51.7 Å². The molecule has 1 saturated carbocycles. The lowest BCUT2D eigenvalue weighted by Gasteiger charge is -2.22. The quantitative estimate of drug-likeness (QED) is 0.252. The predicted molar refractivity (Wildman–Crippen MR) is 157 cm³/mol. The Hall–Kier alpha value is -2.87. The van der Waals surface area contributed by atoms with Gasteiger partial charge < -0.3 is 19.7 Å². The summed E-state index contributed by atoms with van der Waals surface area (Å²) in [4.78, 5) is 24.8. The van der Waals surface area contributed by atoms with Gasteiger partial charge in [-0.2, -0.15) is 0 Å². The number of halogens is 2. The number of nitrogens with zero attached hydrogens (tertiary/aromatic N) is 3. The molecule has 1 aliphatic rings. The minimum absolute atomic E-state index is 0.159. The van der Waals surface area contributed by atoms with Gasteiger partial charge in [0.2, 0.25) is 0 Å². The van der Waals surface area contributed by atoms with Crippen LogP contribution in [0.2, 0.25) is 10.0 Å². The maximum atomic E-state index is 13.2. The summed E-state index contributed by atoms with van der Waals surface area (Å²) >= 11 is 13.1. The van der Waals surface area contributed by atoms with Crippen LogP contribution in [0.15, 0.2) is 42.6 Å². The van der Waals surface area contributed by atoms with Crippen molar-refractivity contribution in [2.75, 3.05) is 33.9 Å². The van der Waals surface area contributed by atoms with Crippen molar-refractivity contribution in [3.8, 4) is 34.0 Å². The molecule has 0 unspecified atom stereocenters. The number of hydrogen-bond acceptors (Lipinski definition) is 6. The summed E-state index contributed by atoms with van der Waals surface area (Å²) in [7, 11) is 4.05. The second-order valence-corrected chi connectivity index (χ2v) is 10.8. The predicted octanol–water partition coefficient (Wildman–Crippen LogP) is 6.91. The SMILES string of the molecule is CCOc1ccc(Cl)c(-c2ncc(C(=O)NC3CCCCC3)nc2-c2ccc(Cl)c(OCCCN(C)C)c2)c1. The van der Waals surface area contributed by atoms with E-state index in [-0.39, 0.29) is 17.6 Å². The number of benzene rings is 2. The molecule has 0 bridgehead atoms. The number of nitrogens with one attached hydrogen (secondary N) is 1. The summed E-state index contributed by atoms with van der Waals surface area (Å²) < 4.78 is 11.7. The van der Waals surface area contributed by atoms with Crippen molar-refractivity contribution in [3.05, 3.63) is 58.3 Å². The lowest BCUT2D eigenvalue weighted by Crippen LogP contribution is -2.36. The van der Waals surface area contributed by atoms with Crippen molar-refractivity contribution >= 4 is 29.1 Å². The molecule has 0 spiro atoms. The number of hydrogen-bond donors (Lipinski definition) is 1. The van der Waals surface area contributed by atoms with Crippen molar-refractivity contribution in [3.63, 3.8) is 0 Å². The number of rotatable bonds is 11. The molecular formula is C30H36Cl2N4O3. The largest absolute Gasteiger partial charge is 0.494 e. The van der Waals surface area contributed by atoms with E-state index >= 15 is 0 Å². The van der Waals surface area contributed by atoms with E-state index in [2.05, 4.69) is 10.2 Å². The summed E-state index contributed by atoms with van der Waals surface area (Å²) in [6.07, 6.45) is 7.79. The fraction of sp³-hybridized carbons (Fsp3) is 0.433. The summed E-state index contributed by atoms with van der Waals surface area (Å²) in [6, 6.07) is 11.1. The van der Waals surface area contributed by atoms with Crippen LogP contribution >= 0.6 is 23.2 Å². The van der Waals surface area contributed by atoms with Crippen LogP contribution in [0.25, 0.3) is 22.5 Å². The summed E-state index contributed by atoms with van der Waals surface area (Å²) in [5.74, 6) is 0.988. The van der Waals surface area contributed by atoms with E-state index in [1.165, 1.54) is 12.6 Å². The van der Waals surface area contributed by atoms with Crippen molar-refractivity contribution in [1.29, 1.82) is 0 Å². The van der Waals surface area contributed by atoms with Crippen molar-refractivity contribution < 1.29 is 14.3 Å². The van der Waals surface area contributed by atoms with Crippen LogP contribution in [0.3, 0.4) is 0 Å². The van der Waals surface area contributed by atoms with Gasteiger partial charge in [-0.15, -0.1) is 0 Å². The second kappa shape index (κ2) is 14.0. The smallest absolute Gasteiger partial charge is 0.271 e. The van der Waals surface area contributed by atoms with Gasteiger partial charge in [-0.3, -0.25) is 9.78 Å². The molecule has 0 aliphatic heterocycles. The van der Waals surface area contributed by atoms with Gasteiger partial charge in [0.05, 0.1) is 40.8 Å². The molecule has 7 nitrogen and oxygen atoms in total. The van der Waals surface area contributed by atoms with Crippen molar-refractivity contribution in [2.24, 2.45) is 0 Å². The fourth-order valence-electron chi connectivity index (χ4n) is 4.67. The van der Waals surface area contributed by atoms with Crippen LogP contribution in [0.5, 0.6) is 11.5 Å². The average molecular weight is 572 g/mol. The first-order valence-corrected chi connectivity index (χ1v) is 14.3. The zero-order valence-electron chi connectivity index (χ0n) is 22.8. The molecule has 0 saturated heterocycles. The van der Waals surface area contributed by atoms with Gasteiger partial charge in [0, 0.05) is 23.7 Å². The Kier molecular flexibility index (Phi) is 10.4. The Bertz CT molecular complexity index is 1280. The highest BCUT2D eigenvalue weighted by atomic mass is 35.5. The van der Waals surface area contributed by atoms with Gasteiger partial charge >= 0.3 is 0 Å². The molecule has 1 aromatic heterocycles. The zero-order valence-corrected chi connectivity index (χ0v) is 24.3. The maximum absolute atomic E-state index is 13.2. The topological polar surface area (TPSA) is 76.6 Å². The first-order valence-electron chi connectivity index (χ1n) is 13.5. The number of ether oxygens (including phenoxy) is 2. The highest BCUT2D eigenvalue weighted by Crippen LogP contribution is 2.38. The average Bonchev–Trinajstić information content (AvgIpc) is 2.93. The first kappa shape index (κ1) is 29.1. The lowest BCUT2D eigenvalue weighted by molar-refractivity contribution is 0.0922. The Morgan fingerprint density at radius 1 is 1.03 bits per heavy atom. The number of carbonyl (C=O) groups is 1. The van der Waals surface area contributed by atoms with Gasteiger partial charge in [0.15, 0.2) is 0 Å². The standard InChI is InChI=1S/C30H36Cl2N4O3/c1-4-38-22-12-14-24(31)23(18-22)29-28(20-11-13-25(32)27(17-20)39-16-8-15-36(2)3)35-26(19-33-29)30(37)34-21-9-6-5-7-10-21/h11-14,17-19,21H,4-10,15-16H2,1-3H3,(H,34,37). The molecule has 9 heteroatoms. The molecule has 1 heterocycles. The Morgan fingerprint density at radius 2 is 1.79 bits per heavy atom. The van der Waals surface area contributed by atoms with Gasteiger partial charge in [-0.1, -0.05) is 48.5 Å². The van der Waals surface area contributed by atoms with Crippen LogP contribution in [0, 0.1) is 0 Å². The molecule has 3 aromatic rings. The van der Waals surface area contributed by atoms with Crippen molar-refractivity contribution in [1.82, 2.24) is 20.2 Å². The minimum atomic E-state index is -0.231. The molecule has 2 aromatic carbocycles. The molecule has 39 heavy (non-hydrogen) atoms. The molecule has 208 valence electrons. The Balaban J connectivity index is 1.73. The van der Waals surface area contributed by atoms with E-state index in [1.807, 2.05) is 45.3 Å². The molecule has 1 amide bonds. The second-order valence-electron chi connectivity index (χ2n) is 9.99. The highest BCUT2D eigenvalue weighted by molar-refractivity contribution is 6.33. The van der Waals surface area contributed by atoms with E-state index < -0.39 is 0 Å². The molecule has 4 rings (SSSR count). The van der Waals surface area contributed by atoms with E-state index in [0.717, 1.165) is 44.2 Å². The zero-order chi connectivity index (χ0) is 27.8. The molecular weight excluding hydrogens is 535 g/mol. The van der Waals surface area contributed by atoms with Crippen LogP contribution in [0.1, 0.15) is 55.9 Å². The highest BCUT2D eigenvalue weighted by Gasteiger charge is 2.22. The van der Waals surface area contributed by atoms with Gasteiger partial charge in [-0.05, 0) is 70.6 Å². The molecule has 1 aliphatic carbocycles. The Labute approximate surface area is 240 Å². The van der Waals surface area contributed by atoms with Crippen LogP contribution in [0.4, 0.5) is 0 Å². The first-order chi connectivity index (χ1) is 18.9. The maximum Gasteiger partial charge on any atom is 0.271 e. The third kappa shape index (κ3) is 7.84. The summed E-state index contributed by atoms with van der Waals surface area (Å²) in [5, 5.41) is 4.14. The fourth-order valence-corrected chi connectivity index (χ4v) is 5.05. The van der Waals surface area contributed by atoms with Crippen LogP contribution in [-0.2, 0) is 0 Å². The van der Waals surface area contributed by atoms with E-state index in [9.17, 15) is 4.79 Å². The third-order valence-corrected chi connectivity index (χ3v) is 7.30. The van der Waals surface area contributed by atoms with Gasteiger partial charge in [-0.25, -0.2) is 4.98 Å². The molecule has 1 N–H and O–H groups in total. The number of aromatic nitrogens is 2. The van der Waals surface area contributed by atoms with Crippen LogP contribution in [-0.4, -0.2) is 60.7 Å². The monoisotopic (exact) mass is 570 g/mol. The molecule has 1 fully saturated rings. The van der Waals surface area contributed by atoms with Gasteiger partial charge in [0.25, 0.3) is 5.91 Å². The Morgan fingerprint density at radius 3 is 2.54 bits per heavy atom. The normalized spacial score (nSPS) is 13.9. The summed E-state index contributed by atoms with van der Waals surface area (Å²) in [5.41, 5.74) is 2.68. The summed E-state index contributed by atoms with van der Waals surface area (Å²) in [6.45, 7) is 3.87. The van der Waals surface area contributed by atoms with E-state index in [4.69, 9.17) is 42.6 Å². The van der Waals surface area contributed by atoms with Gasteiger partial charge in [0.1, 0.15) is 17.2 Å².